The quantitative estimate of drug-likeness (QED) is 0.451. The second-order valence-corrected chi connectivity index (χ2v) is 9.41. The first kappa shape index (κ1) is 24.0. The van der Waals surface area contributed by atoms with E-state index in [-0.39, 0.29) is 42.9 Å². The Morgan fingerprint density at radius 1 is 1.06 bits per heavy atom. The minimum Gasteiger partial charge on any atom is -0.477 e. The average Bonchev–Trinajstić information content (AvgIpc) is 3.33. The first-order chi connectivity index (χ1) is 16.6. The predicted molar refractivity (Wildman–Crippen MR) is 130 cm³/mol. The summed E-state index contributed by atoms with van der Waals surface area (Å²) in [5, 5.41) is 18.4. The molecular weight excluding hydrogens is 448 g/mol. The van der Waals surface area contributed by atoms with Crippen molar-refractivity contribution >= 4 is 23.8 Å². The maximum atomic E-state index is 12.4. The molecule has 182 valence electrons. The maximum absolute atomic E-state index is 12.4. The van der Waals surface area contributed by atoms with Crippen LogP contribution in [-0.4, -0.2) is 46.0 Å². The zero-order valence-electron chi connectivity index (χ0n) is 19.9. The number of hydrogen-bond acceptors (Lipinski definition) is 5. The molecule has 0 fully saturated rings. The number of ether oxygens (including phenoxy) is 1. The molecule has 0 saturated heterocycles. The van der Waals surface area contributed by atoms with Gasteiger partial charge in [-0.2, -0.15) is 5.10 Å². The minimum absolute atomic E-state index is 0.0268. The number of amides is 2. The van der Waals surface area contributed by atoms with E-state index in [1.54, 1.807) is 0 Å². The summed E-state index contributed by atoms with van der Waals surface area (Å²) in [6.45, 7) is 4.13. The highest BCUT2D eigenvalue weighted by atomic mass is 16.5. The van der Waals surface area contributed by atoms with Crippen molar-refractivity contribution in [3.8, 4) is 11.1 Å². The molecule has 0 radical (unpaired) electrons. The van der Waals surface area contributed by atoms with Crippen molar-refractivity contribution in [3.63, 3.8) is 0 Å². The molecule has 9 heteroatoms. The molecule has 1 aliphatic rings. The van der Waals surface area contributed by atoms with Crippen molar-refractivity contribution in [3.05, 3.63) is 71.4 Å². The second kappa shape index (κ2) is 9.61. The van der Waals surface area contributed by atoms with Crippen LogP contribution in [0.4, 0.5) is 10.6 Å². The fourth-order valence-electron chi connectivity index (χ4n) is 4.37. The number of nitrogens with zero attached hydrogens (tertiary/aromatic N) is 2. The van der Waals surface area contributed by atoms with E-state index in [0.29, 0.717) is 0 Å². The van der Waals surface area contributed by atoms with Crippen LogP contribution in [-0.2, 0) is 16.6 Å². The van der Waals surface area contributed by atoms with Crippen LogP contribution < -0.4 is 10.6 Å². The van der Waals surface area contributed by atoms with E-state index in [4.69, 9.17) is 9.84 Å². The third-order valence-electron chi connectivity index (χ3n) is 6.06. The SMILES string of the molecule is Cn1nc(NC(=O)CC(C)(C)CNC(=O)OCC2c3ccccc3-c3ccccc32)cc1C(=O)O. The van der Waals surface area contributed by atoms with Gasteiger partial charge in [0.15, 0.2) is 5.82 Å². The number of carboxylic acids is 1. The predicted octanol–water partition coefficient (Wildman–Crippen LogP) is 4.01. The number of alkyl carbamates (subject to hydrolysis) is 1. The van der Waals surface area contributed by atoms with Gasteiger partial charge in [0.2, 0.25) is 5.91 Å². The van der Waals surface area contributed by atoms with Gasteiger partial charge < -0.3 is 20.5 Å². The van der Waals surface area contributed by atoms with Crippen LogP contribution in [0.1, 0.15) is 47.8 Å². The lowest BCUT2D eigenvalue weighted by Crippen LogP contribution is -2.37. The lowest BCUT2D eigenvalue weighted by Gasteiger charge is -2.24. The largest absolute Gasteiger partial charge is 0.477 e. The topological polar surface area (TPSA) is 123 Å². The molecule has 0 aliphatic heterocycles. The lowest BCUT2D eigenvalue weighted by molar-refractivity contribution is -0.118. The number of carbonyl (C=O) groups excluding carboxylic acids is 2. The molecule has 0 atom stereocenters. The molecule has 0 spiro atoms. The summed E-state index contributed by atoms with van der Waals surface area (Å²) < 4.78 is 6.74. The number of benzene rings is 2. The monoisotopic (exact) mass is 476 g/mol. The van der Waals surface area contributed by atoms with Crippen molar-refractivity contribution in [1.29, 1.82) is 0 Å². The van der Waals surface area contributed by atoms with E-state index in [0.717, 1.165) is 22.3 Å². The Morgan fingerprint density at radius 3 is 2.23 bits per heavy atom. The third kappa shape index (κ3) is 5.34. The second-order valence-electron chi connectivity index (χ2n) is 9.41. The fourth-order valence-corrected chi connectivity index (χ4v) is 4.37. The maximum Gasteiger partial charge on any atom is 0.407 e. The Hall–Kier alpha value is -4.14. The molecule has 1 aliphatic carbocycles. The minimum atomic E-state index is -1.13. The number of anilines is 1. The summed E-state index contributed by atoms with van der Waals surface area (Å²) >= 11 is 0. The zero-order valence-corrected chi connectivity index (χ0v) is 19.9. The molecule has 3 N–H and O–H groups in total. The van der Waals surface area contributed by atoms with E-state index in [2.05, 4.69) is 40.0 Å². The molecule has 3 aromatic rings. The molecule has 35 heavy (non-hydrogen) atoms. The van der Waals surface area contributed by atoms with Crippen molar-refractivity contribution < 1.29 is 24.2 Å². The molecule has 0 unspecified atom stereocenters. The van der Waals surface area contributed by atoms with E-state index in [9.17, 15) is 14.4 Å². The Labute approximate surface area is 203 Å². The number of carboxylic acid groups (broad SMARTS) is 1. The van der Waals surface area contributed by atoms with Crippen LogP contribution in [0, 0.1) is 5.41 Å². The van der Waals surface area contributed by atoms with Gasteiger partial charge in [-0.1, -0.05) is 62.4 Å². The number of nitrogens with one attached hydrogen (secondary N) is 2. The molecular formula is C26H28N4O5. The molecule has 0 saturated carbocycles. The number of rotatable bonds is 8. The van der Waals surface area contributed by atoms with Crippen LogP contribution in [0.25, 0.3) is 11.1 Å². The highest BCUT2D eigenvalue weighted by molar-refractivity contribution is 5.92. The van der Waals surface area contributed by atoms with Gasteiger partial charge in [0.05, 0.1) is 0 Å². The van der Waals surface area contributed by atoms with Gasteiger partial charge in [-0.3, -0.25) is 9.48 Å². The van der Waals surface area contributed by atoms with Gasteiger partial charge in [-0.25, -0.2) is 9.59 Å². The Morgan fingerprint density at radius 2 is 1.66 bits per heavy atom. The number of hydrogen-bond donors (Lipinski definition) is 3. The molecule has 0 bridgehead atoms. The van der Waals surface area contributed by atoms with Crippen molar-refractivity contribution in [2.75, 3.05) is 18.5 Å². The summed E-state index contributed by atoms with van der Waals surface area (Å²) in [7, 11) is 1.49. The van der Waals surface area contributed by atoms with Gasteiger partial charge in [0.25, 0.3) is 0 Å². The fraction of sp³-hybridized carbons (Fsp3) is 0.308. The Kier molecular flexibility index (Phi) is 6.59. The number of carbonyl (C=O) groups is 3. The van der Waals surface area contributed by atoms with Gasteiger partial charge in [0, 0.05) is 32.0 Å². The summed E-state index contributed by atoms with van der Waals surface area (Å²) in [6, 6.07) is 17.5. The number of fused-ring (bicyclic) bond motifs is 3. The van der Waals surface area contributed by atoms with Crippen molar-refractivity contribution in [1.82, 2.24) is 15.1 Å². The first-order valence-corrected chi connectivity index (χ1v) is 11.3. The molecule has 1 heterocycles. The van der Waals surface area contributed by atoms with Gasteiger partial charge in [-0.05, 0) is 27.7 Å². The van der Waals surface area contributed by atoms with Crippen molar-refractivity contribution in [2.24, 2.45) is 12.5 Å². The molecule has 2 amide bonds. The highest BCUT2D eigenvalue weighted by Gasteiger charge is 2.29. The molecule has 4 rings (SSSR count). The molecule has 2 aromatic carbocycles. The summed E-state index contributed by atoms with van der Waals surface area (Å²) in [4.78, 5) is 36.0. The van der Waals surface area contributed by atoms with Crippen LogP contribution >= 0.6 is 0 Å². The van der Waals surface area contributed by atoms with Crippen LogP contribution in [0.5, 0.6) is 0 Å². The van der Waals surface area contributed by atoms with Crippen LogP contribution in [0.2, 0.25) is 0 Å². The Bertz CT molecular complexity index is 1230. The Balaban J connectivity index is 1.29. The smallest absolute Gasteiger partial charge is 0.407 e. The highest BCUT2D eigenvalue weighted by Crippen LogP contribution is 2.44. The van der Waals surface area contributed by atoms with Gasteiger partial charge in [0.1, 0.15) is 12.3 Å². The summed E-state index contributed by atoms with van der Waals surface area (Å²) in [5.41, 5.74) is 4.00. The zero-order chi connectivity index (χ0) is 25.2. The molecule has 9 nitrogen and oxygen atoms in total. The number of aryl methyl sites for hydroxylation is 1. The summed E-state index contributed by atoms with van der Waals surface area (Å²) in [5.74, 6) is -1.33. The van der Waals surface area contributed by atoms with E-state index in [1.165, 1.54) is 17.8 Å². The van der Waals surface area contributed by atoms with Gasteiger partial charge >= 0.3 is 12.1 Å². The number of aromatic nitrogens is 2. The van der Waals surface area contributed by atoms with E-state index >= 15 is 0 Å². The standard InChI is InChI=1S/C26H28N4O5/c1-26(2,13-23(31)28-22-12-21(24(32)33)30(3)29-22)15-27-25(34)35-14-20-18-10-6-4-8-16(18)17-9-5-7-11-19(17)20/h4-12,20H,13-15H2,1-3H3,(H,27,34)(H,32,33)(H,28,29,31). The average molecular weight is 477 g/mol. The molecule has 1 aromatic heterocycles. The first-order valence-electron chi connectivity index (χ1n) is 11.3. The normalized spacial score (nSPS) is 12.5. The van der Waals surface area contributed by atoms with Gasteiger partial charge in [-0.15, -0.1) is 0 Å². The van der Waals surface area contributed by atoms with Crippen LogP contribution in [0.3, 0.4) is 0 Å². The van der Waals surface area contributed by atoms with E-state index in [1.807, 2.05) is 38.1 Å². The lowest BCUT2D eigenvalue weighted by atomic mass is 9.89. The number of aromatic carboxylic acids is 1. The van der Waals surface area contributed by atoms with E-state index < -0.39 is 17.5 Å². The summed E-state index contributed by atoms with van der Waals surface area (Å²) in [6.07, 6.45) is -0.452. The third-order valence-corrected chi connectivity index (χ3v) is 6.06. The van der Waals surface area contributed by atoms with Crippen molar-refractivity contribution in [2.45, 2.75) is 26.2 Å². The van der Waals surface area contributed by atoms with Crippen LogP contribution in [0.15, 0.2) is 54.6 Å².